The fraction of sp³-hybridized carbons (Fsp3) is 0.208. The normalized spacial score (nSPS) is 11.2. The maximum atomic E-state index is 12.9. The number of aryl methyl sites for hydroxylation is 2. The van der Waals surface area contributed by atoms with Crippen molar-refractivity contribution in [1.29, 1.82) is 0 Å². The van der Waals surface area contributed by atoms with Crippen LogP contribution < -0.4 is 9.62 Å². The molecule has 0 aliphatic carbocycles. The van der Waals surface area contributed by atoms with Crippen molar-refractivity contribution in [3.05, 3.63) is 89.5 Å². The summed E-state index contributed by atoms with van der Waals surface area (Å²) in [6.45, 7) is 4.10. The lowest BCUT2D eigenvalue weighted by atomic mass is 10.0. The van der Waals surface area contributed by atoms with Crippen LogP contribution in [0.15, 0.2) is 77.7 Å². The highest BCUT2D eigenvalue weighted by molar-refractivity contribution is 7.92. The molecule has 156 valence electrons. The zero-order valence-electron chi connectivity index (χ0n) is 17.4. The first kappa shape index (κ1) is 21.6. The van der Waals surface area contributed by atoms with Gasteiger partial charge in [0.2, 0.25) is 0 Å². The molecule has 5 nitrogen and oxygen atoms in total. The Labute approximate surface area is 178 Å². The van der Waals surface area contributed by atoms with E-state index in [2.05, 4.69) is 5.32 Å². The van der Waals surface area contributed by atoms with Crippen LogP contribution in [0.2, 0.25) is 0 Å². The van der Waals surface area contributed by atoms with Crippen molar-refractivity contribution >= 4 is 27.3 Å². The largest absolute Gasteiger partial charge is 0.321 e. The van der Waals surface area contributed by atoms with Gasteiger partial charge in [0, 0.05) is 18.3 Å². The van der Waals surface area contributed by atoms with E-state index < -0.39 is 10.0 Å². The summed E-state index contributed by atoms with van der Waals surface area (Å²) in [5.74, 6) is -0.258. The van der Waals surface area contributed by atoms with Crippen LogP contribution in [0, 0.1) is 0 Å². The van der Waals surface area contributed by atoms with E-state index in [0.717, 1.165) is 29.7 Å². The molecule has 0 saturated carbocycles. The van der Waals surface area contributed by atoms with Gasteiger partial charge in [0.1, 0.15) is 0 Å². The van der Waals surface area contributed by atoms with E-state index in [1.54, 1.807) is 36.4 Å². The van der Waals surface area contributed by atoms with Gasteiger partial charge in [-0.05, 0) is 60.4 Å². The second kappa shape index (κ2) is 9.13. The summed E-state index contributed by atoms with van der Waals surface area (Å²) in [6, 6.07) is 20.9. The highest BCUT2D eigenvalue weighted by Gasteiger charge is 2.21. The standard InChI is InChI=1S/C24H26N2O3S/c1-4-18-10-9-11-19(5-2)23(18)25-24(27)20-14-16-22(17-15-20)30(28,29)26(3)21-12-7-6-8-13-21/h6-17H,4-5H2,1-3H3,(H,25,27). The van der Waals surface area contributed by atoms with Crippen molar-refractivity contribution in [2.75, 3.05) is 16.7 Å². The van der Waals surface area contributed by atoms with Gasteiger partial charge in [0.05, 0.1) is 10.6 Å². The zero-order chi connectivity index (χ0) is 21.7. The number of carbonyl (C=O) groups is 1. The minimum atomic E-state index is -3.71. The van der Waals surface area contributed by atoms with Crippen LogP contribution in [0.5, 0.6) is 0 Å². The molecule has 0 aliphatic rings. The predicted octanol–water partition coefficient (Wildman–Crippen LogP) is 4.89. The molecular weight excluding hydrogens is 396 g/mol. The van der Waals surface area contributed by atoms with Crippen molar-refractivity contribution in [3.8, 4) is 0 Å². The Morgan fingerprint density at radius 1 is 0.833 bits per heavy atom. The van der Waals surface area contributed by atoms with Gasteiger partial charge in [-0.2, -0.15) is 0 Å². The first-order chi connectivity index (χ1) is 14.4. The monoisotopic (exact) mass is 422 g/mol. The SMILES string of the molecule is CCc1cccc(CC)c1NC(=O)c1ccc(S(=O)(=O)N(C)c2ccccc2)cc1. The second-order valence-electron chi connectivity index (χ2n) is 6.94. The maximum Gasteiger partial charge on any atom is 0.264 e. The molecule has 30 heavy (non-hydrogen) atoms. The van der Waals surface area contributed by atoms with Gasteiger partial charge in [0.25, 0.3) is 15.9 Å². The Bertz CT molecular complexity index is 1100. The average molecular weight is 423 g/mol. The molecule has 6 heteroatoms. The van der Waals surface area contributed by atoms with Gasteiger partial charge in [0.15, 0.2) is 0 Å². The molecule has 1 N–H and O–H groups in total. The van der Waals surface area contributed by atoms with Crippen LogP contribution in [0.25, 0.3) is 0 Å². The molecule has 0 saturated heterocycles. The Morgan fingerprint density at radius 2 is 1.40 bits per heavy atom. The number of anilines is 2. The van der Waals surface area contributed by atoms with Crippen molar-refractivity contribution in [3.63, 3.8) is 0 Å². The molecule has 0 heterocycles. The average Bonchev–Trinajstić information content (AvgIpc) is 2.79. The number of para-hydroxylation sites is 2. The van der Waals surface area contributed by atoms with E-state index in [4.69, 9.17) is 0 Å². The zero-order valence-corrected chi connectivity index (χ0v) is 18.2. The third-order valence-corrected chi connectivity index (χ3v) is 6.93. The van der Waals surface area contributed by atoms with Crippen LogP contribution in [0.3, 0.4) is 0 Å². The number of hydrogen-bond donors (Lipinski definition) is 1. The topological polar surface area (TPSA) is 66.5 Å². The summed E-state index contributed by atoms with van der Waals surface area (Å²) in [4.78, 5) is 12.9. The van der Waals surface area contributed by atoms with Crippen LogP contribution in [-0.4, -0.2) is 21.4 Å². The summed E-state index contributed by atoms with van der Waals surface area (Å²) in [6.07, 6.45) is 1.62. The molecule has 0 unspecified atom stereocenters. The van der Waals surface area contributed by atoms with Gasteiger partial charge >= 0.3 is 0 Å². The van der Waals surface area contributed by atoms with Crippen molar-refractivity contribution in [2.24, 2.45) is 0 Å². The van der Waals surface area contributed by atoms with E-state index in [-0.39, 0.29) is 10.8 Å². The fourth-order valence-electron chi connectivity index (χ4n) is 3.30. The summed E-state index contributed by atoms with van der Waals surface area (Å²) < 4.78 is 27.0. The van der Waals surface area contributed by atoms with E-state index in [0.29, 0.717) is 11.3 Å². The molecule has 0 spiro atoms. The molecular formula is C24H26N2O3S. The number of nitrogens with one attached hydrogen (secondary N) is 1. The summed E-state index contributed by atoms with van der Waals surface area (Å²) in [5, 5.41) is 3.01. The minimum Gasteiger partial charge on any atom is -0.321 e. The molecule has 0 fully saturated rings. The number of benzene rings is 3. The molecule has 0 atom stereocenters. The van der Waals surface area contributed by atoms with Crippen LogP contribution in [0.4, 0.5) is 11.4 Å². The van der Waals surface area contributed by atoms with Gasteiger partial charge in [-0.15, -0.1) is 0 Å². The van der Waals surface area contributed by atoms with E-state index in [1.807, 2.05) is 38.1 Å². The highest BCUT2D eigenvalue weighted by atomic mass is 32.2. The molecule has 0 bridgehead atoms. The first-order valence-corrected chi connectivity index (χ1v) is 11.4. The van der Waals surface area contributed by atoms with E-state index in [9.17, 15) is 13.2 Å². The number of amides is 1. The van der Waals surface area contributed by atoms with E-state index >= 15 is 0 Å². The molecule has 0 radical (unpaired) electrons. The van der Waals surface area contributed by atoms with Gasteiger partial charge in [-0.3, -0.25) is 9.10 Å². The van der Waals surface area contributed by atoms with Crippen LogP contribution in [-0.2, 0) is 22.9 Å². The van der Waals surface area contributed by atoms with Crippen molar-refractivity contribution in [2.45, 2.75) is 31.6 Å². The number of sulfonamides is 1. The lowest BCUT2D eigenvalue weighted by Crippen LogP contribution is -2.26. The number of rotatable bonds is 7. The van der Waals surface area contributed by atoms with Crippen molar-refractivity contribution < 1.29 is 13.2 Å². The van der Waals surface area contributed by atoms with Gasteiger partial charge in [-0.1, -0.05) is 50.2 Å². The number of hydrogen-bond acceptors (Lipinski definition) is 3. The molecule has 3 rings (SSSR count). The van der Waals surface area contributed by atoms with E-state index in [1.165, 1.54) is 23.5 Å². The van der Waals surface area contributed by atoms with Gasteiger partial charge < -0.3 is 5.32 Å². The first-order valence-electron chi connectivity index (χ1n) is 9.94. The van der Waals surface area contributed by atoms with Crippen LogP contribution in [0.1, 0.15) is 35.3 Å². The molecule has 1 amide bonds. The van der Waals surface area contributed by atoms with Crippen LogP contribution >= 0.6 is 0 Å². The molecule has 3 aromatic rings. The van der Waals surface area contributed by atoms with Crippen molar-refractivity contribution in [1.82, 2.24) is 0 Å². The fourth-order valence-corrected chi connectivity index (χ4v) is 4.50. The quantitative estimate of drug-likeness (QED) is 0.590. The lowest BCUT2D eigenvalue weighted by Gasteiger charge is -2.19. The number of nitrogens with zero attached hydrogens (tertiary/aromatic N) is 1. The lowest BCUT2D eigenvalue weighted by molar-refractivity contribution is 0.102. The number of carbonyl (C=O) groups excluding carboxylic acids is 1. The third kappa shape index (κ3) is 4.39. The maximum absolute atomic E-state index is 12.9. The smallest absolute Gasteiger partial charge is 0.264 e. The Kier molecular flexibility index (Phi) is 6.57. The molecule has 3 aromatic carbocycles. The highest BCUT2D eigenvalue weighted by Crippen LogP contribution is 2.25. The Hall–Kier alpha value is -3.12. The Morgan fingerprint density at radius 3 is 1.93 bits per heavy atom. The predicted molar refractivity (Wildman–Crippen MR) is 122 cm³/mol. The summed E-state index contributed by atoms with van der Waals surface area (Å²) >= 11 is 0. The van der Waals surface area contributed by atoms with Gasteiger partial charge in [-0.25, -0.2) is 8.42 Å². The molecule has 0 aromatic heterocycles. The minimum absolute atomic E-state index is 0.133. The summed E-state index contributed by atoms with van der Waals surface area (Å²) in [5.41, 5.74) is 3.97. The summed E-state index contributed by atoms with van der Waals surface area (Å²) in [7, 11) is -2.20. The third-order valence-electron chi connectivity index (χ3n) is 5.13. The Balaban J connectivity index is 1.83. The second-order valence-corrected chi connectivity index (χ2v) is 8.91. The molecule has 0 aliphatic heterocycles.